The van der Waals surface area contributed by atoms with Gasteiger partial charge in [-0.1, -0.05) is 18.2 Å². The summed E-state index contributed by atoms with van der Waals surface area (Å²) < 4.78 is 7.07. The number of rotatable bonds is 7. The number of carbonyl (C=O) groups is 2. The summed E-state index contributed by atoms with van der Waals surface area (Å²) in [6.07, 6.45) is 2.02. The van der Waals surface area contributed by atoms with Gasteiger partial charge >= 0.3 is 0 Å². The summed E-state index contributed by atoms with van der Waals surface area (Å²) in [5.74, 6) is 0.297. The Labute approximate surface area is 157 Å². The number of amides is 2. The fraction of sp³-hybridized carbons (Fsp3) is 0.250. The molecule has 0 unspecified atom stereocenters. The number of imidazole rings is 1. The van der Waals surface area contributed by atoms with Crippen LogP contribution in [0.3, 0.4) is 0 Å². The summed E-state index contributed by atoms with van der Waals surface area (Å²) >= 11 is 0. The summed E-state index contributed by atoms with van der Waals surface area (Å²) in [6, 6.07) is 14.9. The van der Waals surface area contributed by atoms with E-state index in [-0.39, 0.29) is 18.4 Å². The largest absolute Gasteiger partial charge is 0.497 e. The number of fused-ring (bicyclic) bond motifs is 1. The van der Waals surface area contributed by atoms with E-state index < -0.39 is 0 Å². The molecule has 0 fully saturated rings. The van der Waals surface area contributed by atoms with Crippen molar-refractivity contribution < 1.29 is 14.3 Å². The minimum Gasteiger partial charge on any atom is -0.497 e. The Morgan fingerprint density at radius 1 is 1.19 bits per heavy atom. The normalized spacial score (nSPS) is 10.6. The minimum atomic E-state index is -0.257. The molecule has 2 amide bonds. The average molecular weight is 366 g/mol. The Morgan fingerprint density at radius 2 is 2.00 bits per heavy atom. The lowest BCUT2D eigenvalue weighted by Crippen LogP contribution is -2.35. The molecule has 7 nitrogen and oxygen atoms in total. The summed E-state index contributed by atoms with van der Waals surface area (Å²) in [7, 11) is 3.19. The van der Waals surface area contributed by atoms with Crippen molar-refractivity contribution in [2.75, 3.05) is 26.0 Å². The van der Waals surface area contributed by atoms with Gasteiger partial charge in [0.2, 0.25) is 11.8 Å². The Hall–Kier alpha value is -3.35. The number of nitrogens with zero attached hydrogens (tertiary/aromatic N) is 3. The first-order chi connectivity index (χ1) is 13.1. The molecule has 0 radical (unpaired) electrons. The smallest absolute Gasteiger partial charge is 0.243 e. The molecule has 27 heavy (non-hydrogen) atoms. The van der Waals surface area contributed by atoms with Crippen LogP contribution in [0.15, 0.2) is 54.9 Å². The highest BCUT2D eigenvalue weighted by Gasteiger charge is 2.14. The van der Waals surface area contributed by atoms with Crippen LogP contribution >= 0.6 is 0 Å². The zero-order chi connectivity index (χ0) is 19.2. The van der Waals surface area contributed by atoms with Crippen LogP contribution in [0.1, 0.15) is 6.42 Å². The number of anilines is 1. The van der Waals surface area contributed by atoms with Crippen molar-refractivity contribution in [2.45, 2.75) is 13.0 Å². The van der Waals surface area contributed by atoms with E-state index in [1.54, 1.807) is 44.8 Å². The van der Waals surface area contributed by atoms with Gasteiger partial charge in [0.05, 0.1) is 31.0 Å². The number of nitrogens with one attached hydrogen (secondary N) is 1. The molecule has 3 aromatic rings. The highest BCUT2D eigenvalue weighted by atomic mass is 16.5. The molecule has 7 heteroatoms. The van der Waals surface area contributed by atoms with Crippen LogP contribution in [0.4, 0.5) is 5.69 Å². The van der Waals surface area contributed by atoms with Crippen LogP contribution in [0, 0.1) is 0 Å². The van der Waals surface area contributed by atoms with Gasteiger partial charge < -0.3 is 19.5 Å². The van der Waals surface area contributed by atoms with E-state index in [0.29, 0.717) is 24.4 Å². The zero-order valence-corrected chi connectivity index (χ0v) is 15.4. The second kappa shape index (κ2) is 8.35. The number of methoxy groups -OCH3 is 1. The number of likely N-dealkylation sites (N-methyl/N-ethyl adjacent to an activating group) is 1. The maximum atomic E-state index is 12.4. The van der Waals surface area contributed by atoms with Crippen LogP contribution in [0.2, 0.25) is 0 Å². The number of ether oxygens (including phenoxy) is 1. The molecule has 140 valence electrons. The van der Waals surface area contributed by atoms with Crippen LogP contribution in [0.5, 0.6) is 5.75 Å². The lowest BCUT2D eigenvalue weighted by Gasteiger charge is -2.17. The quantitative estimate of drug-likeness (QED) is 0.697. The number of aryl methyl sites for hydroxylation is 1. The number of carbonyl (C=O) groups excluding carboxylic acids is 2. The fourth-order valence-electron chi connectivity index (χ4n) is 2.80. The van der Waals surface area contributed by atoms with Crippen molar-refractivity contribution in [1.29, 1.82) is 0 Å². The number of para-hydroxylation sites is 2. The van der Waals surface area contributed by atoms with Gasteiger partial charge in [-0.05, 0) is 24.3 Å². The molecule has 0 saturated heterocycles. The molecular formula is C20H22N4O3. The zero-order valence-electron chi connectivity index (χ0n) is 15.4. The molecule has 0 saturated carbocycles. The number of aromatic nitrogens is 2. The Kier molecular flexibility index (Phi) is 5.71. The molecule has 0 aliphatic heterocycles. The molecule has 1 N–H and O–H groups in total. The number of benzene rings is 2. The van der Waals surface area contributed by atoms with Gasteiger partial charge in [-0.2, -0.15) is 0 Å². The van der Waals surface area contributed by atoms with Gasteiger partial charge in [0, 0.05) is 31.8 Å². The second-order valence-corrected chi connectivity index (χ2v) is 6.21. The van der Waals surface area contributed by atoms with Crippen molar-refractivity contribution in [3.05, 3.63) is 54.9 Å². The van der Waals surface area contributed by atoms with Crippen molar-refractivity contribution in [3.63, 3.8) is 0 Å². The maximum Gasteiger partial charge on any atom is 0.243 e. The molecular weight excluding hydrogens is 344 g/mol. The molecule has 0 spiro atoms. The van der Waals surface area contributed by atoms with Gasteiger partial charge in [-0.15, -0.1) is 0 Å². The molecule has 1 heterocycles. The summed E-state index contributed by atoms with van der Waals surface area (Å²) in [6.45, 7) is 0.502. The van der Waals surface area contributed by atoms with Gasteiger partial charge in [0.15, 0.2) is 0 Å². The molecule has 0 atom stereocenters. The lowest BCUT2D eigenvalue weighted by atomic mass is 10.3. The number of hydrogen-bond donors (Lipinski definition) is 1. The first kappa shape index (κ1) is 18.4. The third-order valence-electron chi connectivity index (χ3n) is 4.25. The Balaban J connectivity index is 1.51. The summed E-state index contributed by atoms with van der Waals surface area (Å²) in [5.41, 5.74) is 2.52. The van der Waals surface area contributed by atoms with Gasteiger partial charge in [0.1, 0.15) is 5.75 Å². The van der Waals surface area contributed by atoms with Crippen LogP contribution < -0.4 is 10.1 Å². The van der Waals surface area contributed by atoms with Crippen molar-refractivity contribution in [3.8, 4) is 5.75 Å². The van der Waals surface area contributed by atoms with E-state index in [1.807, 2.05) is 28.8 Å². The molecule has 1 aromatic heterocycles. The van der Waals surface area contributed by atoms with E-state index in [0.717, 1.165) is 11.0 Å². The van der Waals surface area contributed by atoms with E-state index >= 15 is 0 Å². The Bertz CT molecular complexity index is 951. The predicted octanol–water partition coefficient (Wildman–Crippen LogP) is 2.53. The first-order valence-corrected chi connectivity index (χ1v) is 8.64. The van der Waals surface area contributed by atoms with Crippen LogP contribution in [-0.2, 0) is 16.1 Å². The lowest BCUT2D eigenvalue weighted by molar-refractivity contribution is -0.133. The van der Waals surface area contributed by atoms with Gasteiger partial charge in [-0.3, -0.25) is 9.59 Å². The summed E-state index contributed by atoms with van der Waals surface area (Å²) in [5, 5.41) is 2.77. The molecule has 0 aliphatic carbocycles. The minimum absolute atomic E-state index is 0.0132. The number of hydrogen-bond acceptors (Lipinski definition) is 4. The third kappa shape index (κ3) is 4.63. The third-order valence-corrected chi connectivity index (χ3v) is 4.25. The standard InChI is InChI=1S/C20H22N4O3/c1-23(13-19(25)22-15-6-5-7-16(12-15)27-2)20(26)10-11-24-14-21-17-8-3-4-9-18(17)24/h3-9,12,14H,10-11,13H2,1-2H3,(H,22,25). The highest BCUT2D eigenvalue weighted by molar-refractivity contribution is 5.94. The first-order valence-electron chi connectivity index (χ1n) is 8.64. The van der Waals surface area contributed by atoms with Crippen molar-refractivity contribution >= 4 is 28.5 Å². The van der Waals surface area contributed by atoms with E-state index in [9.17, 15) is 9.59 Å². The van der Waals surface area contributed by atoms with Crippen molar-refractivity contribution in [2.24, 2.45) is 0 Å². The van der Waals surface area contributed by atoms with Crippen LogP contribution in [-0.4, -0.2) is 47.0 Å². The van der Waals surface area contributed by atoms with Gasteiger partial charge in [0.25, 0.3) is 0 Å². The molecule has 0 aliphatic rings. The average Bonchev–Trinajstić information content (AvgIpc) is 3.09. The topological polar surface area (TPSA) is 76.5 Å². The molecule has 3 rings (SSSR count). The second-order valence-electron chi connectivity index (χ2n) is 6.21. The Morgan fingerprint density at radius 3 is 2.81 bits per heavy atom. The van der Waals surface area contributed by atoms with E-state index in [4.69, 9.17) is 4.74 Å². The van der Waals surface area contributed by atoms with Crippen LogP contribution in [0.25, 0.3) is 11.0 Å². The van der Waals surface area contributed by atoms with Crippen molar-refractivity contribution in [1.82, 2.24) is 14.5 Å². The maximum absolute atomic E-state index is 12.4. The van der Waals surface area contributed by atoms with E-state index in [2.05, 4.69) is 10.3 Å². The summed E-state index contributed by atoms with van der Waals surface area (Å²) in [4.78, 5) is 30.3. The molecule has 0 bridgehead atoms. The SMILES string of the molecule is COc1cccc(NC(=O)CN(C)C(=O)CCn2cnc3ccccc32)c1. The van der Waals surface area contributed by atoms with Gasteiger partial charge in [-0.25, -0.2) is 4.98 Å². The predicted molar refractivity (Wildman–Crippen MR) is 104 cm³/mol. The highest BCUT2D eigenvalue weighted by Crippen LogP contribution is 2.16. The monoisotopic (exact) mass is 366 g/mol. The fourth-order valence-corrected chi connectivity index (χ4v) is 2.80. The van der Waals surface area contributed by atoms with E-state index in [1.165, 1.54) is 4.90 Å². The molecule has 2 aromatic carbocycles.